The van der Waals surface area contributed by atoms with E-state index in [9.17, 15) is 14.9 Å². The molecule has 0 unspecified atom stereocenters. The Balaban J connectivity index is 0.960. The number of pyridine rings is 1. The summed E-state index contributed by atoms with van der Waals surface area (Å²) in [7, 11) is 1.37. The van der Waals surface area contributed by atoms with Crippen LogP contribution in [0.1, 0.15) is 78.1 Å². The second-order valence-electron chi connectivity index (χ2n) is 15.7. The van der Waals surface area contributed by atoms with Crippen LogP contribution in [0.25, 0.3) is 0 Å². The van der Waals surface area contributed by atoms with Crippen molar-refractivity contribution in [3.05, 3.63) is 82.7 Å². The lowest BCUT2D eigenvalue weighted by molar-refractivity contribution is -0.164. The number of methoxy groups -OCH3 is 1. The number of piperidine rings is 1. The zero-order valence-electron chi connectivity index (χ0n) is 31.2. The van der Waals surface area contributed by atoms with E-state index in [0.29, 0.717) is 22.7 Å². The molecule has 3 aromatic rings. The summed E-state index contributed by atoms with van der Waals surface area (Å²) < 4.78 is 11.3. The summed E-state index contributed by atoms with van der Waals surface area (Å²) in [5.74, 6) is 0.955. The molecule has 2 saturated heterocycles. The van der Waals surface area contributed by atoms with E-state index in [1.165, 1.54) is 7.11 Å². The highest BCUT2D eigenvalue weighted by atomic mass is 16.5. The van der Waals surface area contributed by atoms with Crippen molar-refractivity contribution >= 4 is 23.3 Å². The van der Waals surface area contributed by atoms with Gasteiger partial charge >= 0.3 is 5.97 Å². The normalized spacial score (nSPS) is 21.7. The van der Waals surface area contributed by atoms with Crippen LogP contribution >= 0.6 is 0 Å². The number of nitriles is 1. The number of amides is 1. The maximum absolute atomic E-state index is 13.5. The fraction of sp³-hybridized carbons (Fsp3) is 0.512. The van der Waals surface area contributed by atoms with Gasteiger partial charge in [0.2, 0.25) is 0 Å². The molecule has 0 bridgehead atoms. The molecule has 3 heterocycles. The van der Waals surface area contributed by atoms with Crippen LogP contribution in [0.2, 0.25) is 0 Å². The number of aromatic nitrogens is 1. The van der Waals surface area contributed by atoms with Gasteiger partial charge in [-0.25, -0.2) is 9.78 Å². The summed E-state index contributed by atoms with van der Waals surface area (Å²) in [4.78, 5) is 36.8. The summed E-state index contributed by atoms with van der Waals surface area (Å²) in [5, 5.41) is 12.8. The van der Waals surface area contributed by atoms with Crippen molar-refractivity contribution in [1.29, 1.82) is 5.26 Å². The monoisotopic (exact) mass is 692 g/mol. The Morgan fingerprint density at radius 3 is 2.02 bits per heavy atom. The quantitative estimate of drug-likeness (QED) is 0.270. The zero-order chi connectivity index (χ0) is 36.5. The number of nitrogens with one attached hydrogen (secondary N) is 1. The van der Waals surface area contributed by atoms with E-state index in [0.717, 1.165) is 86.9 Å². The fourth-order valence-electron chi connectivity index (χ4n) is 8.87. The van der Waals surface area contributed by atoms with Crippen LogP contribution in [-0.2, 0) is 4.74 Å². The minimum absolute atomic E-state index is 0.0653. The average Bonchev–Trinajstić information content (AvgIpc) is 3.13. The van der Waals surface area contributed by atoms with Crippen LogP contribution in [0.3, 0.4) is 0 Å². The molecule has 10 heteroatoms. The van der Waals surface area contributed by atoms with Crippen molar-refractivity contribution in [2.24, 2.45) is 16.7 Å². The Bertz CT molecular complexity index is 1730. The van der Waals surface area contributed by atoms with Crippen molar-refractivity contribution < 1.29 is 19.1 Å². The molecule has 10 nitrogen and oxygen atoms in total. The molecule has 0 radical (unpaired) electrons. The third-order valence-electron chi connectivity index (χ3n) is 11.5. The Hall–Kier alpha value is -4.62. The van der Waals surface area contributed by atoms with E-state index in [-0.39, 0.29) is 28.9 Å². The molecule has 1 aromatic heterocycles. The highest BCUT2D eigenvalue weighted by molar-refractivity contribution is 5.95. The number of aryl methyl sites for hydroxylation is 2. The Morgan fingerprint density at radius 1 is 0.882 bits per heavy atom. The molecule has 1 aliphatic carbocycles. The summed E-state index contributed by atoms with van der Waals surface area (Å²) in [6, 6.07) is 17.8. The number of anilines is 2. The smallest absolute Gasteiger partial charge is 0.356 e. The number of esters is 1. The maximum atomic E-state index is 13.5. The van der Waals surface area contributed by atoms with Crippen LogP contribution in [-0.4, -0.2) is 86.8 Å². The minimum atomic E-state index is -0.414. The largest absolute Gasteiger partial charge is 0.489 e. The first-order chi connectivity index (χ1) is 24.3. The third kappa shape index (κ3) is 7.41. The molecule has 270 valence electrons. The molecule has 2 aliphatic heterocycles. The average molecular weight is 693 g/mol. The highest BCUT2D eigenvalue weighted by Gasteiger charge is 2.64. The van der Waals surface area contributed by atoms with Crippen molar-refractivity contribution in [3.8, 4) is 11.8 Å². The fourth-order valence-corrected chi connectivity index (χ4v) is 8.87. The van der Waals surface area contributed by atoms with Crippen LogP contribution in [0.5, 0.6) is 5.75 Å². The van der Waals surface area contributed by atoms with E-state index < -0.39 is 5.97 Å². The number of hydrogen-bond acceptors (Lipinski definition) is 9. The van der Waals surface area contributed by atoms with Gasteiger partial charge in [0, 0.05) is 73.9 Å². The lowest BCUT2D eigenvalue weighted by Crippen LogP contribution is -2.74. The van der Waals surface area contributed by atoms with Gasteiger partial charge in [-0.15, -0.1) is 0 Å². The predicted octanol–water partition coefficient (Wildman–Crippen LogP) is 6.01. The SMILES string of the molecule is COC(=O)c1ccc(N2CCN(CC3CCN(c4ccc(C(=O)N[C@H]5C(C)(C)[C@H](Oc6cc(C)c(C#N)c(C)c6)C5(C)C)cc4)CC3)CC2)cn1. The van der Waals surface area contributed by atoms with E-state index in [4.69, 9.17) is 9.47 Å². The number of piperazine rings is 1. The van der Waals surface area contributed by atoms with Gasteiger partial charge < -0.3 is 24.6 Å². The summed E-state index contributed by atoms with van der Waals surface area (Å²) in [6.07, 6.45) is 3.96. The first-order valence-electron chi connectivity index (χ1n) is 18.2. The lowest BCUT2D eigenvalue weighted by Gasteiger charge is -2.63. The van der Waals surface area contributed by atoms with E-state index in [1.54, 1.807) is 12.3 Å². The molecule has 1 amide bonds. The van der Waals surface area contributed by atoms with Crippen molar-refractivity contribution in [1.82, 2.24) is 15.2 Å². The van der Waals surface area contributed by atoms with Gasteiger partial charge in [-0.1, -0.05) is 27.7 Å². The summed E-state index contributed by atoms with van der Waals surface area (Å²) >= 11 is 0. The van der Waals surface area contributed by atoms with Gasteiger partial charge in [-0.2, -0.15) is 5.26 Å². The molecule has 0 spiro atoms. The van der Waals surface area contributed by atoms with Gasteiger partial charge in [-0.3, -0.25) is 9.69 Å². The summed E-state index contributed by atoms with van der Waals surface area (Å²) in [6.45, 7) is 19.5. The van der Waals surface area contributed by atoms with E-state index in [2.05, 4.69) is 70.9 Å². The molecule has 1 saturated carbocycles. The number of benzene rings is 2. The lowest BCUT2D eigenvalue weighted by atomic mass is 9.49. The zero-order valence-corrected chi connectivity index (χ0v) is 31.2. The number of nitrogens with zero attached hydrogens (tertiary/aromatic N) is 5. The molecule has 1 N–H and O–H groups in total. The Morgan fingerprint density at radius 2 is 1.47 bits per heavy atom. The van der Waals surface area contributed by atoms with E-state index in [1.807, 2.05) is 44.2 Å². The summed E-state index contributed by atoms with van der Waals surface area (Å²) in [5.41, 5.74) is 5.13. The second kappa shape index (κ2) is 14.5. The molecular weight excluding hydrogens is 640 g/mol. The highest BCUT2D eigenvalue weighted by Crippen LogP contribution is 2.55. The first kappa shape index (κ1) is 36.2. The molecule has 51 heavy (non-hydrogen) atoms. The number of hydrogen-bond donors (Lipinski definition) is 1. The van der Waals surface area contributed by atoms with Crippen molar-refractivity contribution in [3.63, 3.8) is 0 Å². The van der Waals surface area contributed by atoms with Gasteiger partial charge in [0.1, 0.15) is 17.5 Å². The minimum Gasteiger partial charge on any atom is -0.489 e. The third-order valence-corrected chi connectivity index (χ3v) is 11.5. The topological polar surface area (TPSA) is 111 Å². The van der Waals surface area contributed by atoms with Gasteiger partial charge in [0.25, 0.3) is 5.91 Å². The van der Waals surface area contributed by atoms with Crippen LogP contribution in [0.4, 0.5) is 11.4 Å². The second-order valence-corrected chi connectivity index (χ2v) is 15.7. The molecular formula is C41H52N6O4. The predicted molar refractivity (Wildman–Crippen MR) is 199 cm³/mol. The van der Waals surface area contributed by atoms with Gasteiger partial charge in [0.05, 0.1) is 30.6 Å². The number of ether oxygens (including phenoxy) is 2. The number of carbonyl (C=O) groups excluding carboxylic acids is 2. The molecule has 6 rings (SSSR count). The van der Waals surface area contributed by atoms with Crippen LogP contribution in [0, 0.1) is 41.9 Å². The Kier molecular flexibility index (Phi) is 10.3. The number of carbonyl (C=O) groups is 2. The van der Waals surface area contributed by atoms with Crippen LogP contribution < -0.4 is 19.9 Å². The molecule has 0 atom stereocenters. The standard InChI is InChI=1S/C41H52N6O4/c1-27-22-33(23-28(2)34(27)24-42)51-39-40(3,4)38(41(39,5)6)44-36(48)30-8-10-31(11-9-30)46-16-14-29(15-17-46)26-45-18-20-47(21-19-45)32-12-13-35(43-25-32)37(49)50-7/h8-13,22-23,25,29,38-39H,14-21,26H2,1-7H3,(H,44,48)/t38-,39-. The molecule has 2 aromatic carbocycles. The Labute approximate surface area is 302 Å². The first-order valence-corrected chi connectivity index (χ1v) is 18.2. The number of rotatable bonds is 9. The van der Waals surface area contributed by atoms with Crippen molar-refractivity contribution in [2.45, 2.75) is 66.5 Å². The van der Waals surface area contributed by atoms with Gasteiger partial charge in [-0.05, 0) is 92.3 Å². The van der Waals surface area contributed by atoms with Crippen LogP contribution in [0.15, 0.2) is 54.7 Å². The molecule has 3 aliphatic rings. The maximum Gasteiger partial charge on any atom is 0.356 e. The molecule has 3 fully saturated rings. The van der Waals surface area contributed by atoms with E-state index >= 15 is 0 Å². The van der Waals surface area contributed by atoms with Crippen molar-refractivity contribution in [2.75, 3.05) is 62.7 Å². The van der Waals surface area contributed by atoms with Gasteiger partial charge in [0.15, 0.2) is 0 Å².